The maximum Gasteiger partial charge on any atom is 0.268 e. The third-order valence-corrected chi connectivity index (χ3v) is 16.8. The summed E-state index contributed by atoms with van der Waals surface area (Å²) < 4.78 is 62.9. The number of ether oxygens (including phenoxy) is 3. The minimum Gasteiger partial charge on any atom is -0.472 e. The van der Waals surface area contributed by atoms with Crippen LogP contribution in [0.25, 0.3) is 11.0 Å². The summed E-state index contributed by atoms with van der Waals surface area (Å²) in [7, 11) is -3.01. The van der Waals surface area contributed by atoms with Gasteiger partial charge in [-0.05, 0) is 135 Å². The molecule has 4 aliphatic rings. The van der Waals surface area contributed by atoms with Crippen LogP contribution in [0.1, 0.15) is 119 Å². The molecule has 1 spiro atoms. The Morgan fingerprint density at radius 1 is 0.986 bits per heavy atom. The van der Waals surface area contributed by atoms with Crippen molar-refractivity contribution in [2.24, 2.45) is 16.5 Å². The lowest BCUT2D eigenvalue weighted by Gasteiger charge is -2.57. The summed E-state index contributed by atoms with van der Waals surface area (Å²) in [6, 6.07) is 19.8. The fourth-order valence-corrected chi connectivity index (χ4v) is 12.1. The van der Waals surface area contributed by atoms with Gasteiger partial charge < -0.3 is 34.5 Å². The van der Waals surface area contributed by atoms with E-state index in [4.69, 9.17) is 14.2 Å². The molecule has 9 rings (SSSR count). The number of rotatable bonds is 17. The number of halogens is 1. The molecule has 17 heteroatoms. The smallest absolute Gasteiger partial charge is 0.268 e. The highest BCUT2D eigenvalue weighted by Gasteiger charge is 2.49. The largest absolute Gasteiger partial charge is 0.472 e. The topological polar surface area (TPSA) is 188 Å². The van der Waals surface area contributed by atoms with Crippen LogP contribution in [-0.4, -0.2) is 98.5 Å². The number of aliphatic hydroxyl groups is 1. The van der Waals surface area contributed by atoms with Gasteiger partial charge in [-0.1, -0.05) is 44.5 Å². The first-order valence-corrected chi connectivity index (χ1v) is 26.3. The predicted molar refractivity (Wildman–Crippen MR) is 269 cm³/mol. The molecule has 4 fully saturated rings. The number of nitrogens with zero attached hydrogens (tertiary/aromatic N) is 4. The van der Waals surface area contributed by atoms with Gasteiger partial charge in [-0.2, -0.15) is 4.98 Å². The standard InChI is InChI=1S/C53H66FN7O8S/c1-33(2)38-9-6-7-10-39(38)40-11-8-12-46(40)61-31-53(32-61)21-23-60(24-22-53)36-13-15-41(47(25-36)69-48-27-42-43(54)29-56-49(42)57-51(48)68-30-34(3)67-5)50(62)59-70(65,66)37-14-16-44(45(26-37)58-64)55-28-35-17-19-52(4,63)20-18-35/h6-7,9-10,13-16,25-27,29,33-35,40,46,55,63H,8,11-12,17-24,28,30-32H2,1-5H3,(H,56,57)(H,59,62)/t34?,35?,40-,46-,52?/m1/s1. The predicted octanol–water partition coefficient (Wildman–Crippen LogP) is 10.1. The quantitative estimate of drug-likeness (QED) is 0.0647. The molecule has 2 aromatic heterocycles. The van der Waals surface area contributed by atoms with Gasteiger partial charge in [0.15, 0.2) is 5.75 Å². The number of piperidine rings is 1. The first-order chi connectivity index (χ1) is 33.5. The van der Waals surface area contributed by atoms with Crippen molar-refractivity contribution >= 4 is 44.0 Å². The van der Waals surface area contributed by atoms with Crippen LogP contribution in [0.15, 0.2) is 83.0 Å². The maximum absolute atomic E-state index is 15.0. The zero-order chi connectivity index (χ0) is 49.4. The van der Waals surface area contributed by atoms with Crippen LogP contribution in [0, 0.1) is 22.1 Å². The zero-order valence-corrected chi connectivity index (χ0v) is 41.6. The van der Waals surface area contributed by atoms with E-state index in [1.54, 1.807) is 19.2 Å². The van der Waals surface area contributed by atoms with Crippen LogP contribution in [0.3, 0.4) is 0 Å². The molecule has 4 heterocycles. The summed E-state index contributed by atoms with van der Waals surface area (Å²) in [5.74, 6) is -0.280. The third-order valence-electron chi connectivity index (χ3n) is 15.4. The lowest BCUT2D eigenvalue weighted by molar-refractivity contribution is -0.0493. The van der Waals surface area contributed by atoms with Crippen molar-refractivity contribution in [1.82, 2.24) is 19.6 Å². The molecule has 2 aliphatic heterocycles. The Labute approximate surface area is 409 Å². The summed E-state index contributed by atoms with van der Waals surface area (Å²) in [6.07, 6.45) is 9.43. The van der Waals surface area contributed by atoms with Gasteiger partial charge in [0, 0.05) is 69.9 Å². The number of benzene rings is 3. The van der Waals surface area contributed by atoms with E-state index in [0.29, 0.717) is 43.0 Å². The van der Waals surface area contributed by atoms with E-state index >= 15 is 4.39 Å². The SMILES string of the molecule is COC(C)COc1nc2[nH]cc(F)c2cc1Oc1cc(N2CCC3(CC2)CN([C@@H]2CCC[C@@H]2c2ccccc2C(C)C)C3)ccc1C(=O)NS(=O)(=O)c1ccc(NCC2CCC(C)(O)CC2)c(N=O)c1. The van der Waals surface area contributed by atoms with E-state index in [9.17, 15) is 23.2 Å². The number of amides is 1. The van der Waals surface area contributed by atoms with Gasteiger partial charge in [0.2, 0.25) is 0 Å². The van der Waals surface area contributed by atoms with Gasteiger partial charge in [0.1, 0.15) is 29.5 Å². The van der Waals surface area contributed by atoms with E-state index in [1.807, 2.05) is 13.8 Å². The van der Waals surface area contributed by atoms with Crippen LogP contribution < -0.4 is 24.4 Å². The lowest BCUT2D eigenvalue weighted by Crippen LogP contribution is -2.63. The van der Waals surface area contributed by atoms with E-state index in [-0.39, 0.29) is 68.6 Å². The Bertz CT molecular complexity index is 2810. The fraction of sp³-hybridized carbons (Fsp3) is 0.509. The van der Waals surface area contributed by atoms with Gasteiger partial charge >= 0.3 is 0 Å². The average molecular weight is 980 g/mol. The second-order valence-electron chi connectivity index (χ2n) is 20.8. The molecule has 3 aromatic carbocycles. The number of anilines is 2. The van der Waals surface area contributed by atoms with E-state index in [1.165, 1.54) is 60.9 Å². The Balaban J connectivity index is 0.943. The monoisotopic (exact) mass is 979 g/mol. The van der Waals surface area contributed by atoms with Crippen LogP contribution in [0.4, 0.5) is 21.5 Å². The molecule has 2 saturated heterocycles. The molecule has 70 heavy (non-hydrogen) atoms. The number of nitroso groups, excluding NO2 is 1. The highest BCUT2D eigenvalue weighted by atomic mass is 32.2. The molecule has 15 nitrogen and oxygen atoms in total. The number of sulfonamides is 1. The third kappa shape index (κ3) is 10.5. The number of carbonyl (C=O) groups is 1. The first-order valence-electron chi connectivity index (χ1n) is 24.8. The minimum absolute atomic E-state index is 0.000134. The van der Waals surface area contributed by atoms with Crippen molar-refractivity contribution in [3.05, 3.63) is 100 Å². The molecule has 1 unspecified atom stereocenters. The second kappa shape index (κ2) is 20.2. The highest BCUT2D eigenvalue weighted by Crippen LogP contribution is 2.49. The molecule has 0 bridgehead atoms. The molecule has 1 amide bonds. The van der Waals surface area contributed by atoms with Gasteiger partial charge in [0.25, 0.3) is 21.8 Å². The zero-order valence-electron chi connectivity index (χ0n) is 40.8. The van der Waals surface area contributed by atoms with Crippen molar-refractivity contribution in [2.45, 2.75) is 120 Å². The molecular formula is C53H66FN7O8S. The number of fused-ring (bicyclic) bond motifs is 1. The number of hydrogen-bond donors (Lipinski definition) is 4. The molecule has 2 aliphatic carbocycles. The molecule has 2 saturated carbocycles. The van der Waals surface area contributed by atoms with Gasteiger partial charge in [-0.3, -0.25) is 9.69 Å². The normalized spacial score (nSPS) is 23.0. The number of methoxy groups -OCH3 is 1. The summed E-state index contributed by atoms with van der Waals surface area (Å²) in [6.45, 7) is 12.5. The number of likely N-dealkylation sites (tertiary alicyclic amines) is 1. The number of hydrogen-bond acceptors (Lipinski definition) is 13. The van der Waals surface area contributed by atoms with Crippen molar-refractivity contribution in [3.8, 4) is 17.4 Å². The summed E-state index contributed by atoms with van der Waals surface area (Å²) >= 11 is 0. The number of aromatic amines is 1. The van der Waals surface area contributed by atoms with Gasteiger partial charge in [0.05, 0.1) is 33.2 Å². The van der Waals surface area contributed by atoms with Crippen molar-refractivity contribution in [2.75, 3.05) is 56.7 Å². The lowest BCUT2D eigenvalue weighted by atomic mass is 9.70. The number of pyridine rings is 1. The maximum atomic E-state index is 15.0. The van der Waals surface area contributed by atoms with Crippen LogP contribution >= 0.6 is 0 Å². The fourth-order valence-electron chi connectivity index (χ4n) is 11.1. The molecule has 0 radical (unpaired) electrons. The van der Waals surface area contributed by atoms with Gasteiger partial charge in [-0.15, -0.1) is 4.91 Å². The molecular weight excluding hydrogens is 914 g/mol. The molecule has 3 atom stereocenters. The van der Waals surface area contributed by atoms with Crippen molar-refractivity contribution in [3.63, 3.8) is 0 Å². The number of nitrogens with one attached hydrogen (secondary N) is 3. The van der Waals surface area contributed by atoms with Crippen LogP contribution in [0.2, 0.25) is 0 Å². The molecule has 374 valence electrons. The van der Waals surface area contributed by atoms with E-state index in [0.717, 1.165) is 63.6 Å². The van der Waals surface area contributed by atoms with Crippen molar-refractivity contribution in [1.29, 1.82) is 0 Å². The number of H-pyrrole nitrogens is 1. The molecule has 5 aromatic rings. The van der Waals surface area contributed by atoms with E-state index in [2.05, 4.69) is 73.1 Å². The minimum atomic E-state index is -4.56. The Morgan fingerprint density at radius 2 is 1.74 bits per heavy atom. The van der Waals surface area contributed by atoms with Crippen LogP contribution in [0.5, 0.6) is 17.4 Å². The highest BCUT2D eigenvalue weighted by molar-refractivity contribution is 7.90. The first kappa shape index (κ1) is 49.4. The molecule has 4 N–H and O–H groups in total. The van der Waals surface area contributed by atoms with Crippen LogP contribution in [-0.2, 0) is 14.8 Å². The Hall–Kier alpha value is -5.62. The summed E-state index contributed by atoms with van der Waals surface area (Å²) in [5, 5.41) is 16.8. The average Bonchev–Trinajstić information content (AvgIpc) is 3.97. The second-order valence-corrected chi connectivity index (χ2v) is 22.5. The Kier molecular flexibility index (Phi) is 14.3. The summed E-state index contributed by atoms with van der Waals surface area (Å²) in [5.41, 5.74) is 3.59. The van der Waals surface area contributed by atoms with Gasteiger partial charge in [-0.25, -0.2) is 17.5 Å². The number of aromatic nitrogens is 2. The Morgan fingerprint density at radius 3 is 2.47 bits per heavy atom. The summed E-state index contributed by atoms with van der Waals surface area (Å²) in [4.78, 5) is 38.2. The van der Waals surface area contributed by atoms with Crippen molar-refractivity contribution < 1.29 is 36.9 Å². The number of carbonyl (C=O) groups excluding carboxylic acids is 1. The van der Waals surface area contributed by atoms with E-state index < -0.39 is 27.3 Å².